The Kier molecular flexibility index (Phi) is 5.13. The number of hydrogen-bond donors (Lipinski definition) is 1. The molecule has 0 fully saturated rings. The Labute approximate surface area is 159 Å². The molecule has 1 heterocycles. The maximum atomic E-state index is 13.3. The van der Waals surface area contributed by atoms with Crippen LogP contribution in [0, 0.1) is 0 Å². The van der Waals surface area contributed by atoms with Gasteiger partial charge in [-0.25, -0.2) is 9.69 Å². The van der Waals surface area contributed by atoms with Crippen LogP contribution in [0.4, 0.5) is 29.5 Å². The minimum absolute atomic E-state index is 0.000504. The molecule has 2 aromatic carbocycles. The number of alkyl halides is 3. The molecule has 8 heteroatoms. The smallest absolute Gasteiger partial charge is 0.410 e. The summed E-state index contributed by atoms with van der Waals surface area (Å²) in [6, 6.07) is 18.0. The highest BCUT2D eigenvalue weighted by atomic mass is 19.4. The van der Waals surface area contributed by atoms with E-state index in [1.54, 1.807) is 60.7 Å². The van der Waals surface area contributed by atoms with E-state index in [-0.39, 0.29) is 11.5 Å². The third-order valence-electron chi connectivity index (χ3n) is 4.32. The average Bonchev–Trinajstić information content (AvgIpc) is 3.13. The van der Waals surface area contributed by atoms with Crippen molar-refractivity contribution in [3.8, 4) is 5.75 Å². The predicted octanol–water partition coefficient (Wildman–Crippen LogP) is 5.59. The molecule has 0 aliphatic carbocycles. The van der Waals surface area contributed by atoms with Crippen LogP contribution >= 0.6 is 0 Å². The van der Waals surface area contributed by atoms with Crippen molar-refractivity contribution in [2.75, 3.05) is 4.90 Å². The summed E-state index contributed by atoms with van der Waals surface area (Å²) in [7, 11) is 0. The first-order valence-electron chi connectivity index (χ1n) is 8.45. The second-order valence-electron chi connectivity index (χ2n) is 6.61. The Morgan fingerprint density at radius 2 is 1.57 bits per heavy atom. The number of benzene rings is 2. The largest absolute Gasteiger partial charge is 0.425 e. The number of halogens is 3. The Bertz CT molecular complexity index is 938. The number of amides is 1. The molecule has 5 nitrogen and oxygen atoms in total. The lowest BCUT2D eigenvalue weighted by Gasteiger charge is -2.26. The summed E-state index contributed by atoms with van der Waals surface area (Å²) >= 11 is 0. The van der Waals surface area contributed by atoms with Crippen LogP contribution in [0.15, 0.2) is 66.7 Å². The van der Waals surface area contributed by atoms with Gasteiger partial charge in [0.2, 0.25) is 0 Å². The number of carbonyl (C=O) groups is 1. The van der Waals surface area contributed by atoms with Crippen LogP contribution in [0.5, 0.6) is 5.75 Å². The molecule has 0 aliphatic rings. The number of aromatic amines is 1. The Hall–Kier alpha value is -3.29. The number of anilines is 2. The fourth-order valence-electron chi connectivity index (χ4n) is 2.44. The van der Waals surface area contributed by atoms with Gasteiger partial charge in [-0.05, 0) is 38.1 Å². The maximum Gasteiger partial charge on any atom is 0.425 e. The van der Waals surface area contributed by atoms with E-state index < -0.39 is 17.7 Å². The van der Waals surface area contributed by atoms with Gasteiger partial charge in [-0.3, -0.25) is 5.10 Å². The van der Waals surface area contributed by atoms with Gasteiger partial charge in [-0.15, -0.1) is 0 Å². The van der Waals surface area contributed by atoms with Gasteiger partial charge in [-0.1, -0.05) is 36.4 Å². The summed E-state index contributed by atoms with van der Waals surface area (Å²) in [5, 5.41) is 6.34. The predicted molar refractivity (Wildman–Crippen MR) is 98.7 cm³/mol. The summed E-state index contributed by atoms with van der Waals surface area (Å²) in [6.45, 7) is 2.08. The van der Waals surface area contributed by atoms with E-state index in [0.29, 0.717) is 11.4 Å². The van der Waals surface area contributed by atoms with E-state index in [4.69, 9.17) is 4.74 Å². The van der Waals surface area contributed by atoms with Crippen molar-refractivity contribution in [2.24, 2.45) is 0 Å². The summed E-state index contributed by atoms with van der Waals surface area (Å²) in [4.78, 5) is 13.9. The number of hydrogen-bond acceptors (Lipinski definition) is 3. The summed E-state index contributed by atoms with van der Waals surface area (Å²) in [5.41, 5.74) is -1.92. The highest BCUT2D eigenvalue weighted by Crippen LogP contribution is 2.40. The van der Waals surface area contributed by atoms with Crippen molar-refractivity contribution in [1.29, 1.82) is 0 Å². The molecule has 28 heavy (non-hydrogen) atoms. The van der Waals surface area contributed by atoms with Gasteiger partial charge in [0.25, 0.3) is 0 Å². The quantitative estimate of drug-likeness (QED) is 0.633. The lowest BCUT2D eigenvalue weighted by atomic mass is 9.89. The molecular formula is C20H18F3N3O2. The summed E-state index contributed by atoms with van der Waals surface area (Å²) in [6.07, 6.45) is -5.28. The molecule has 3 rings (SSSR count). The van der Waals surface area contributed by atoms with E-state index in [1.807, 2.05) is 0 Å². The molecule has 0 bridgehead atoms. The van der Waals surface area contributed by atoms with Crippen LogP contribution in [-0.2, 0) is 5.41 Å². The van der Waals surface area contributed by atoms with Gasteiger partial charge in [0, 0.05) is 6.07 Å². The SMILES string of the molecule is CC(C)(c1cc(N(C(=O)Oc2ccccc2)c2ccccc2)n[nH]1)C(F)(F)F. The first kappa shape index (κ1) is 19.5. The first-order chi connectivity index (χ1) is 13.2. The number of para-hydroxylation sites is 2. The lowest BCUT2D eigenvalue weighted by molar-refractivity contribution is -0.181. The average molecular weight is 389 g/mol. The van der Waals surface area contributed by atoms with Crippen LogP contribution in [-0.4, -0.2) is 22.5 Å². The lowest BCUT2D eigenvalue weighted by Crippen LogP contribution is -2.36. The number of nitrogens with one attached hydrogen (secondary N) is 1. The number of ether oxygens (including phenoxy) is 1. The molecule has 146 valence electrons. The van der Waals surface area contributed by atoms with Crippen LogP contribution in [0.2, 0.25) is 0 Å². The Morgan fingerprint density at radius 1 is 1.00 bits per heavy atom. The van der Waals surface area contributed by atoms with Gasteiger partial charge < -0.3 is 4.74 Å². The molecule has 0 saturated carbocycles. The standard InChI is InChI=1S/C20H18F3N3O2/c1-19(2,20(21,22)23)16-13-17(25-24-16)26(14-9-5-3-6-10-14)18(27)28-15-11-7-4-8-12-15/h3-13H,1-2H3,(H,24,25). The highest BCUT2D eigenvalue weighted by Gasteiger charge is 2.50. The minimum Gasteiger partial charge on any atom is -0.410 e. The summed E-state index contributed by atoms with van der Waals surface area (Å²) in [5.74, 6) is 0.305. The molecule has 3 aromatic rings. The molecular weight excluding hydrogens is 371 g/mol. The number of carbonyl (C=O) groups excluding carboxylic acids is 1. The van der Waals surface area contributed by atoms with Crippen molar-refractivity contribution >= 4 is 17.6 Å². The zero-order chi connectivity index (χ0) is 20.4. The van der Waals surface area contributed by atoms with Crippen molar-refractivity contribution in [1.82, 2.24) is 10.2 Å². The maximum absolute atomic E-state index is 13.3. The molecule has 0 spiro atoms. The van der Waals surface area contributed by atoms with E-state index in [1.165, 1.54) is 6.07 Å². The van der Waals surface area contributed by atoms with Gasteiger partial charge in [0.1, 0.15) is 11.2 Å². The molecule has 1 aromatic heterocycles. The highest BCUT2D eigenvalue weighted by molar-refractivity contribution is 5.96. The number of H-pyrrole nitrogens is 1. The third kappa shape index (κ3) is 3.85. The fraction of sp³-hybridized carbons (Fsp3) is 0.200. The molecule has 0 atom stereocenters. The molecule has 0 radical (unpaired) electrons. The normalized spacial score (nSPS) is 11.9. The van der Waals surface area contributed by atoms with Gasteiger partial charge >= 0.3 is 12.3 Å². The summed E-state index contributed by atoms with van der Waals surface area (Å²) < 4.78 is 45.4. The third-order valence-corrected chi connectivity index (χ3v) is 4.32. The zero-order valence-electron chi connectivity index (χ0n) is 15.2. The Morgan fingerprint density at radius 3 is 2.14 bits per heavy atom. The topological polar surface area (TPSA) is 58.2 Å². The van der Waals surface area contributed by atoms with Crippen LogP contribution in [0.1, 0.15) is 19.5 Å². The minimum atomic E-state index is -4.49. The van der Waals surface area contributed by atoms with Crippen molar-refractivity contribution in [2.45, 2.75) is 25.4 Å². The second kappa shape index (κ2) is 7.38. The fourth-order valence-corrected chi connectivity index (χ4v) is 2.44. The van der Waals surface area contributed by atoms with Gasteiger partial charge in [0.15, 0.2) is 5.82 Å². The van der Waals surface area contributed by atoms with E-state index in [2.05, 4.69) is 10.2 Å². The van der Waals surface area contributed by atoms with E-state index in [0.717, 1.165) is 18.7 Å². The molecule has 0 unspecified atom stereocenters. The number of rotatable bonds is 4. The number of nitrogens with zero attached hydrogens (tertiary/aromatic N) is 2. The zero-order valence-corrected chi connectivity index (χ0v) is 15.2. The monoisotopic (exact) mass is 389 g/mol. The van der Waals surface area contributed by atoms with Gasteiger partial charge in [0.05, 0.1) is 11.4 Å². The molecule has 1 amide bonds. The Balaban J connectivity index is 1.98. The molecule has 1 N–H and O–H groups in total. The van der Waals surface area contributed by atoms with Gasteiger partial charge in [-0.2, -0.15) is 18.3 Å². The first-order valence-corrected chi connectivity index (χ1v) is 8.45. The van der Waals surface area contributed by atoms with Crippen LogP contribution in [0.3, 0.4) is 0 Å². The van der Waals surface area contributed by atoms with Crippen molar-refractivity contribution in [3.05, 3.63) is 72.4 Å². The van der Waals surface area contributed by atoms with Crippen molar-refractivity contribution < 1.29 is 22.7 Å². The van der Waals surface area contributed by atoms with Crippen LogP contribution < -0.4 is 9.64 Å². The van der Waals surface area contributed by atoms with E-state index >= 15 is 0 Å². The van der Waals surface area contributed by atoms with E-state index in [9.17, 15) is 18.0 Å². The van der Waals surface area contributed by atoms with Crippen LogP contribution in [0.25, 0.3) is 0 Å². The molecule has 0 saturated heterocycles. The number of aromatic nitrogens is 2. The molecule has 0 aliphatic heterocycles. The second-order valence-corrected chi connectivity index (χ2v) is 6.61. The van der Waals surface area contributed by atoms with Crippen molar-refractivity contribution in [3.63, 3.8) is 0 Å².